The minimum absolute atomic E-state index is 0.0304. The summed E-state index contributed by atoms with van der Waals surface area (Å²) in [5.41, 5.74) is 6.57. The van der Waals surface area contributed by atoms with Crippen LogP contribution in [-0.2, 0) is 11.2 Å². The fourth-order valence-electron chi connectivity index (χ4n) is 3.37. The molecule has 2 aromatic rings. The number of anilines is 1. The third-order valence-electron chi connectivity index (χ3n) is 5.16. The summed E-state index contributed by atoms with van der Waals surface area (Å²) in [5.74, 6) is -5.42. The molecular formula is C21H22F3N3O2. The highest BCUT2D eigenvalue weighted by Gasteiger charge is 2.22. The van der Waals surface area contributed by atoms with Gasteiger partial charge in [0.15, 0.2) is 17.5 Å². The van der Waals surface area contributed by atoms with Gasteiger partial charge in [0.05, 0.1) is 0 Å². The summed E-state index contributed by atoms with van der Waals surface area (Å²) in [6.07, 6.45) is 2.37. The van der Waals surface area contributed by atoms with Crippen molar-refractivity contribution in [1.82, 2.24) is 4.90 Å². The first-order valence-corrected chi connectivity index (χ1v) is 9.40. The summed E-state index contributed by atoms with van der Waals surface area (Å²) in [6.45, 7) is 2.53. The topological polar surface area (TPSA) is 75.4 Å². The first-order chi connectivity index (χ1) is 13.8. The van der Waals surface area contributed by atoms with E-state index in [-0.39, 0.29) is 17.4 Å². The van der Waals surface area contributed by atoms with E-state index in [2.05, 4.69) is 10.2 Å². The largest absolute Gasteiger partial charge is 0.369 e. The van der Waals surface area contributed by atoms with Crippen molar-refractivity contribution < 1.29 is 22.8 Å². The van der Waals surface area contributed by atoms with E-state index in [4.69, 9.17) is 5.73 Å². The van der Waals surface area contributed by atoms with E-state index in [0.717, 1.165) is 44.5 Å². The second kappa shape index (κ2) is 9.09. The molecule has 29 heavy (non-hydrogen) atoms. The number of likely N-dealkylation sites (tertiary alicyclic amines) is 1. The molecule has 0 unspecified atom stereocenters. The Balaban J connectivity index is 1.51. The van der Waals surface area contributed by atoms with Crippen LogP contribution in [0.25, 0.3) is 0 Å². The van der Waals surface area contributed by atoms with Crippen LogP contribution in [0, 0.1) is 23.4 Å². The molecule has 8 heteroatoms. The number of benzene rings is 2. The van der Waals surface area contributed by atoms with Gasteiger partial charge in [-0.25, -0.2) is 13.2 Å². The number of halogens is 3. The molecule has 0 bridgehead atoms. The van der Waals surface area contributed by atoms with Crippen LogP contribution in [0.3, 0.4) is 0 Å². The van der Waals surface area contributed by atoms with E-state index < -0.39 is 23.4 Å². The van der Waals surface area contributed by atoms with Gasteiger partial charge in [-0.3, -0.25) is 9.59 Å². The van der Waals surface area contributed by atoms with Gasteiger partial charge in [-0.2, -0.15) is 0 Å². The molecule has 1 aliphatic rings. The third kappa shape index (κ3) is 5.35. The minimum atomic E-state index is -1.61. The summed E-state index contributed by atoms with van der Waals surface area (Å²) in [7, 11) is 0. The van der Waals surface area contributed by atoms with E-state index in [1.165, 1.54) is 0 Å². The molecule has 5 nitrogen and oxygen atoms in total. The Labute approximate surface area is 166 Å². The van der Waals surface area contributed by atoms with Gasteiger partial charge < -0.3 is 16.0 Å². The molecule has 1 fully saturated rings. The lowest BCUT2D eigenvalue weighted by Gasteiger charge is -2.30. The standard InChI is InChI=1S/C21H22F3N3O2/c22-17-11-15(12-18(23)19(17)24)21(29)26-16-3-1-13(2-4-16)5-8-27-9-6-14(7-10-27)20(25)28/h1-4,11-12,14H,5-10H2,(H2,25,28)(H,26,29). The van der Waals surface area contributed by atoms with Crippen LogP contribution in [-0.4, -0.2) is 36.3 Å². The van der Waals surface area contributed by atoms with Crippen molar-refractivity contribution in [3.8, 4) is 0 Å². The van der Waals surface area contributed by atoms with Gasteiger partial charge in [-0.15, -0.1) is 0 Å². The first-order valence-electron chi connectivity index (χ1n) is 9.40. The Morgan fingerprint density at radius 3 is 2.17 bits per heavy atom. The molecule has 1 heterocycles. The average molecular weight is 405 g/mol. The van der Waals surface area contributed by atoms with Crippen LogP contribution in [0.15, 0.2) is 36.4 Å². The summed E-state index contributed by atoms with van der Waals surface area (Å²) in [4.78, 5) is 25.6. The number of carbonyl (C=O) groups excluding carboxylic acids is 2. The molecule has 0 aromatic heterocycles. The number of hydrogen-bond acceptors (Lipinski definition) is 3. The SMILES string of the molecule is NC(=O)C1CCN(CCc2ccc(NC(=O)c3cc(F)c(F)c(F)c3)cc2)CC1. The number of rotatable bonds is 6. The molecule has 3 N–H and O–H groups in total. The predicted octanol–water partition coefficient (Wildman–Crippen LogP) is 3.10. The smallest absolute Gasteiger partial charge is 0.255 e. The summed E-state index contributed by atoms with van der Waals surface area (Å²) >= 11 is 0. The number of piperidine rings is 1. The molecule has 0 radical (unpaired) electrons. The fourth-order valence-corrected chi connectivity index (χ4v) is 3.37. The zero-order chi connectivity index (χ0) is 21.0. The van der Waals surface area contributed by atoms with Crippen molar-refractivity contribution in [3.05, 3.63) is 65.0 Å². The maximum absolute atomic E-state index is 13.3. The molecular weight excluding hydrogens is 383 g/mol. The van der Waals surface area contributed by atoms with Crippen molar-refractivity contribution in [2.24, 2.45) is 11.7 Å². The van der Waals surface area contributed by atoms with E-state index in [1.807, 2.05) is 12.1 Å². The van der Waals surface area contributed by atoms with Crippen molar-refractivity contribution in [2.75, 3.05) is 25.0 Å². The van der Waals surface area contributed by atoms with Crippen LogP contribution in [0.1, 0.15) is 28.8 Å². The number of nitrogens with zero attached hydrogens (tertiary/aromatic N) is 1. The molecule has 2 amide bonds. The predicted molar refractivity (Wildman–Crippen MR) is 103 cm³/mol. The maximum Gasteiger partial charge on any atom is 0.255 e. The number of primary amides is 1. The molecule has 2 aromatic carbocycles. The van der Waals surface area contributed by atoms with Gasteiger partial charge in [-0.05, 0) is 62.2 Å². The normalized spacial score (nSPS) is 15.3. The zero-order valence-electron chi connectivity index (χ0n) is 15.8. The van der Waals surface area contributed by atoms with Crippen molar-refractivity contribution in [1.29, 1.82) is 0 Å². The number of hydrogen-bond donors (Lipinski definition) is 2. The fraction of sp³-hybridized carbons (Fsp3) is 0.333. The zero-order valence-corrected chi connectivity index (χ0v) is 15.8. The van der Waals surface area contributed by atoms with Crippen LogP contribution in [0.5, 0.6) is 0 Å². The first kappa shape index (κ1) is 20.9. The van der Waals surface area contributed by atoms with Gasteiger partial charge in [-0.1, -0.05) is 12.1 Å². The highest BCUT2D eigenvalue weighted by molar-refractivity contribution is 6.04. The molecule has 1 aliphatic heterocycles. The summed E-state index contributed by atoms with van der Waals surface area (Å²) < 4.78 is 39.5. The molecule has 0 atom stereocenters. The van der Waals surface area contributed by atoms with Crippen molar-refractivity contribution in [3.63, 3.8) is 0 Å². The van der Waals surface area contributed by atoms with Gasteiger partial charge in [0.25, 0.3) is 5.91 Å². The second-order valence-electron chi connectivity index (χ2n) is 7.17. The van der Waals surface area contributed by atoms with Gasteiger partial charge in [0, 0.05) is 23.7 Å². The molecule has 0 spiro atoms. The number of nitrogens with two attached hydrogens (primary N) is 1. The van der Waals surface area contributed by atoms with Gasteiger partial charge in [0.2, 0.25) is 5.91 Å². The molecule has 0 saturated carbocycles. The van der Waals surface area contributed by atoms with Crippen molar-refractivity contribution in [2.45, 2.75) is 19.3 Å². The van der Waals surface area contributed by atoms with Crippen LogP contribution < -0.4 is 11.1 Å². The summed E-state index contributed by atoms with van der Waals surface area (Å²) in [6, 6.07) is 8.42. The minimum Gasteiger partial charge on any atom is -0.369 e. The highest BCUT2D eigenvalue weighted by atomic mass is 19.2. The molecule has 3 rings (SSSR count). The lowest BCUT2D eigenvalue weighted by molar-refractivity contribution is -0.123. The number of amides is 2. The van der Waals surface area contributed by atoms with Crippen LogP contribution in [0.2, 0.25) is 0 Å². The van der Waals surface area contributed by atoms with E-state index in [1.54, 1.807) is 12.1 Å². The summed E-state index contributed by atoms with van der Waals surface area (Å²) in [5, 5.41) is 2.53. The van der Waals surface area contributed by atoms with Gasteiger partial charge >= 0.3 is 0 Å². The quantitative estimate of drug-likeness (QED) is 0.726. The van der Waals surface area contributed by atoms with E-state index >= 15 is 0 Å². The Hall–Kier alpha value is -2.87. The van der Waals surface area contributed by atoms with Gasteiger partial charge in [0.1, 0.15) is 0 Å². The van der Waals surface area contributed by atoms with Crippen molar-refractivity contribution >= 4 is 17.5 Å². The Kier molecular flexibility index (Phi) is 6.53. The monoisotopic (exact) mass is 405 g/mol. The Morgan fingerprint density at radius 1 is 1.03 bits per heavy atom. The van der Waals surface area contributed by atoms with Crippen LogP contribution in [0.4, 0.5) is 18.9 Å². The third-order valence-corrected chi connectivity index (χ3v) is 5.16. The Bertz CT molecular complexity index is 872. The lowest BCUT2D eigenvalue weighted by atomic mass is 9.96. The average Bonchev–Trinajstić information content (AvgIpc) is 2.71. The second-order valence-corrected chi connectivity index (χ2v) is 7.17. The Morgan fingerprint density at radius 2 is 1.62 bits per heavy atom. The number of carbonyl (C=O) groups is 2. The van der Waals surface area contributed by atoms with E-state index in [9.17, 15) is 22.8 Å². The van der Waals surface area contributed by atoms with E-state index in [0.29, 0.717) is 17.8 Å². The number of nitrogens with one attached hydrogen (secondary N) is 1. The highest BCUT2D eigenvalue weighted by Crippen LogP contribution is 2.18. The maximum atomic E-state index is 13.3. The molecule has 154 valence electrons. The molecule has 1 saturated heterocycles. The molecule has 0 aliphatic carbocycles. The van der Waals surface area contributed by atoms with Crippen LogP contribution >= 0.6 is 0 Å². The lowest BCUT2D eigenvalue weighted by Crippen LogP contribution is -2.39.